The van der Waals surface area contributed by atoms with Crippen LogP contribution in [0.3, 0.4) is 0 Å². The molecule has 172 valence electrons. The normalized spacial score (nSPS) is 14.7. The highest BCUT2D eigenvalue weighted by Crippen LogP contribution is 2.33. The molecule has 10 heteroatoms. The predicted octanol–water partition coefficient (Wildman–Crippen LogP) is 5.46. The third-order valence-electron chi connectivity index (χ3n) is 5.03. The smallest absolute Gasteiger partial charge is 0.335 e. The number of hydrazine groups is 1. The molecule has 0 unspecified atom stereocenters. The van der Waals surface area contributed by atoms with Gasteiger partial charge in [-0.3, -0.25) is 15.0 Å². The zero-order chi connectivity index (χ0) is 24.6. The average molecular weight is 513 g/mol. The van der Waals surface area contributed by atoms with Crippen LogP contribution >= 0.6 is 35.6 Å². The van der Waals surface area contributed by atoms with Crippen LogP contribution in [-0.4, -0.2) is 32.2 Å². The van der Waals surface area contributed by atoms with Gasteiger partial charge < -0.3 is 9.52 Å². The third-order valence-corrected chi connectivity index (χ3v) is 6.64. The summed E-state index contributed by atoms with van der Waals surface area (Å²) in [7, 11) is 0. The minimum atomic E-state index is -1.04. The summed E-state index contributed by atoms with van der Waals surface area (Å²) in [6.07, 6.45) is 1.52. The van der Waals surface area contributed by atoms with Crippen molar-refractivity contribution in [3.05, 3.63) is 86.5 Å². The zero-order valence-corrected chi connectivity index (χ0v) is 20.3. The molecule has 2 aromatic carbocycles. The maximum Gasteiger partial charge on any atom is 0.335 e. The van der Waals surface area contributed by atoms with E-state index in [0.717, 1.165) is 27.9 Å². The molecule has 0 saturated carbocycles. The van der Waals surface area contributed by atoms with Gasteiger partial charge in [-0.25, -0.2) is 4.79 Å². The van der Waals surface area contributed by atoms with E-state index in [1.165, 1.54) is 18.2 Å². The largest absolute Gasteiger partial charge is 0.478 e. The predicted molar refractivity (Wildman–Crippen MR) is 135 cm³/mol. The molecule has 1 aliphatic rings. The minimum Gasteiger partial charge on any atom is -0.478 e. The molecule has 4 rings (SSSR count). The molecule has 0 atom stereocenters. The summed E-state index contributed by atoms with van der Waals surface area (Å²) in [6.45, 7) is 3.70. The summed E-state index contributed by atoms with van der Waals surface area (Å²) < 4.78 is 6.00. The van der Waals surface area contributed by atoms with Crippen LogP contribution in [0, 0.1) is 13.8 Å². The number of rotatable bonds is 5. The van der Waals surface area contributed by atoms with E-state index in [4.69, 9.17) is 28.2 Å². The van der Waals surface area contributed by atoms with Crippen molar-refractivity contribution in [1.82, 2.24) is 10.4 Å². The molecule has 1 fully saturated rings. The van der Waals surface area contributed by atoms with Crippen molar-refractivity contribution in [3.8, 4) is 11.3 Å². The molecule has 2 N–H and O–H groups in total. The number of nitrogens with one attached hydrogen (secondary N) is 1. The van der Waals surface area contributed by atoms with Gasteiger partial charge in [-0.2, -0.15) is 5.01 Å². The number of carboxylic acids is 1. The molecule has 7 nitrogen and oxygen atoms in total. The molecule has 0 bridgehead atoms. The number of furan rings is 1. The molecule has 2 heterocycles. The molecular weight excluding hydrogens is 496 g/mol. The SMILES string of the molecule is Cc1ccc(C(=O)NN2C(=O)/C(=C/c3ccc(-c4cc(C(=O)O)ccc4C)o3)SC2=S)c(Cl)c1. The summed E-state index contributed by atoms with van der Waals surface area (Å²) in [6, 6.07) is 13.1. The molecule has 0 aliphatic carbocycles. The van der Waals surface area contributed by atoms with Gasteiger partial charge in [0.1, 0.15) is 11.5 Å². The fourth-order valence-corrected chi connectivity index (χ4v) is 4.74. The van der Waals surface area contributed by atoms with E-state index in [1.54, 1.807) is 36.4 Å². The lowest BCUT2D eigenvalue weighted by Crippen LogP contribution is -2.44. The monoisotopic (exact) mass is 512 g/mol. The van der Waals surface area contributed by atoms with Gasteiger partial charge in [0.2, 0.25) is 0 Å². The summed E-state index contributed by atoms with van der Waals surface area (Å²) in [4.78, 5) is 37.0. The highest BCUT2D eigenvalue weighted by atomic mass is 35.5. The fourth-order valence-electron chi connectivity index (χ4n) is 3.26. The zero-order valence-electron chi connectivity index (χ0n) is 17.9. The summed E-state index contributed by atoms with van der Waals surface area (Å²) >= 11 is 12.4. The summed E-state index contributed by atoms with van der Waals surface area (Å²) in [5.74, 6) is -1.26. The van der Waals surface area contributed by atoms with Crippen LogP contribution < -0.4 is 5.43 Å². The quantitative estimate of drug-likeness (QED) is 0.346. The molecule has 2 amide bonds. The van der Waals surface area contributed by atoms with Crippen molar-refractivity contribution < 1.29 is 23.9 Å². The molecule has 1 aromatic heterocycles. The van der Waals surface area contributed by atoms with Gasteiger partial charge in [-0.15, -0.1) is 0 Å². The Hall–Kier alpha value is -3.40. The molecule has 3 aromatic rings. The number of thioether (sulfide) groups is 1. The number of amides is 2. The minimum absolute atomic E-state index is 0.142. The second-order valence-electron chi connectivity index (χ2n) is 7.48. The van der Waals surface area contributed by atoms with Crippen molar-refractivity contribution in [1.29, 1.82) is 0 Å². The number of benzene rings is 2. The number of hydrogen-bond acceptors (Lipinski definition) is 6. The number of aryl methyl sites for hydroxylation is 2. The Kier molecular flexibility index (Phi) is 6.60. The number of carboxylic acid groups (broad SMARTS) is 1. The van der Waals surface area contributed by atoms with Crippen molar-refractivity contribution in [2.75, 3.05) is 0 Å². The highest BCUT2D eigenvalue weighted by molar-refractivity contribution is 8.26. The number of nitrogens with zero attached hydrogens (tertiary/aromatic N) is 1. The lowest BCUT2D eigenvalue weighted by molar-refractivity contribution is -0.123. The lowest BCUT2D eigenvalue weighted by Gasteiger charge is -2.16. The first-order valence-electron chi connectivity index (χ1n) is 9.93. The Morgan fingerprint density at radius 2 is 1.91 bits per heavy atom. The first-order valence-corrected chi connectivity index (χ1v) is 11.5. The summed E-state index contributed by atoms with van der Waals surface area (Å²) in [5.41, 5.74) is 5.24. The van der Waals surface area contributed by atoms with Gasteiger partial charge in [0.25, 0.3) is 11.8 Å². The van der Waals surface area contributed by atoms with Crippen LogP contribution in [0.5, 0.6) is 0 Å². The molecule has 34 heavy (non-hydrogen) atoms. The maximum absolute atomic E-state index is 12.9. The number of carbonyl (C=O) groups excluding carboxylic acids is 2. The number of halogens is 1. The van der Waals surface area contributed by atoms with Crippen LogP contribution in [0.25, 0.3) is 17.4 Å². The first kappa shape index (κ1) is 23.7. The van der Waals surface area contributed by atoms with E-state index >= 15 is 0 Å². The molecule has 1 aliphatic heterocycles. The highest BCUT2D eigenvalue weighted by Gasteiger charge is 2.34. The van der Waals surface area contributed by atoms with Crippen LogP contribution in [0.4, 0.5) is 0 Å². The van der Waals surface area contributed by atoms with E-state index in [0.29, 0.717) is 17.1 Å². The van der Waals surface area contributed by atoms with Gasteiger partial charge in [-0.1, -0.05) is 35.5 Å². The first-order chi connectivity index (χ1) is 16.1. The molecule has 0 spiro atoms. The van der Waals surface area contributed by atoms with Gasteiger partial charge in [0, 0.05) is 11.6 Å². The Bertz CT molecular complexity index is 1400. The third kappa shape index (κ3) is 4.77. The van der Waals surface area contributed by atoms with Gasteiger partial charge in [0.15, 0.2) is 4.32 Å². The Balaban J connectivity index is 1.54. The topological polar surface area (TPSA) is 99.9 Å². The van der Waals surface area contributed by atoms with E-state index in [1.807, 2.05) is 13.8 Å². The Morgan fingerprint density at radius 1 is 1.15 bits per heavy atom. The van der Waals surface area contributed by atoms with Crippen molar-refractivity contribution in [2.24, 2.45) is 0 Å². The van der Waals surface area contributed by atoms with E-state index < -0.39 is 17.8 Å². The van der Waals surface area contributed by atoms with Gasteiger partial charge in [0.05, 0.1) is 21.1 Å². The fraction of sp³-hybridized carbons (Fsp3) is 0.0833. The van der Waals surface area contributed by atoms with Crippen molar-refractivity contribution in [2.45, 2.75) is 13.8 Å². The van der Waals surface area contributed by atoms with Gasteiger partial charge >= 0.3 is 5.97 Å². The number of thiocarbonyl (C=S) groups is 1. The molecule has 0 radical (unpaired) electrons. The average Bonchev–Trinajstić information content (AvgIpc) is 3.34. The molecule has 1 saturated heterocycles. The lowest BCUT2D eigenvalue weighted by atomic mass is 10.0. The standard InChI is InChI=1S/C24H17ClN2O5S2/c1-12-3-7-16(18(25)9-12)21(28)26-27-22(29)20(34-24(27)33)11-15-6-8-19(32-15)17-10-14(23(30)31)5-4-13(17)2/h3-11H,1-2H3,(H,26,28)(H,30,31)/b20-11-. The molecular formula is C24H17ClN2O5S2. The van der Waals surface area contributed by atoms with Crippen LogP contribution in [0.15, 0.2) is 57.9 Å². The second-order valence-corrected chi connectivity index (χ2v) is 9.56. The Labute approximate surface area is 209 Å². The number of aromatic carboxylic acids is 1. The summed E-state index contributed by atoms with van der Waals surface area (Å²) in [5, 5.41) is 10.5. The van der Waals surface area contributed by atoms with Crippen LogP contribution in [0.2, 0.25) is 5.02 Å². The van der Waals surface area contributed by atoms with Crippen LogP contribution in [0.1, 0.15) is 37.6 Å². The van der Waals surface area contributed by atoms with Crippen LogP contribution in [-0.2, 0) is 4.79 Å². The second kappa shape index (κ2) is 9.46. The Morgan fingerprint density at radius 3 is 2.62 bits per heavy atom. The van der Waals surface area contributed by atoms with Crippen molar-refractivity contribution in [3.63, 3.8) is 0 Å². The van der Waals surface area contributed by atoms with Gasteiger partial charge in [-0.05, 0) is 73.6 Å². The van der Waals surface area contributed by atoms with E-state index in [9.17, 15) is 19.5 Å². The van der Waals surface area contributed by atoms with E-state index in [2.05, 4.69) is 5.43 Å². The van der Waals surface area contributed by atoms with E-state index in [-0.39, 0.29) is 25.4 Å². The number of carbonyl (C=O) groups is 3. The maximum atomic E-state index is 12.9. The number of hydrogen-bond donors (Lipinski definition) is 2. The van der Waals surface area contributed by atoms with Crippen molar-refractivity contribution >= 4 is 63.8 Å².